The third-order valence-electron chi connectivity index (χ3n) is 3.48. The molecule has 1 aromatic rings. The number of unbranched alkanes of at least 4 members (excludes halogenated alkanes) is 4. The van der Waals surface area contributed by atoms with Crippen LogP contribution in [0.15, 0.2) is 12.1 Å². The third kappa shape index (κ3) is 5.54. The van der Waals surface area contributed by atoms with Gasteiger partial charge in [0, 0.05) is 17.4 Å². The van der Waals surface area contributed by atoms with E-state index in [1.54, 1.807) is 0 Å². The average molecular weight is 262 g/mol. The topological polar surface area (TPSA) is 38.0 Å². The lowest BCUT2D eigenvalue weighted by Gasteiger charge is -2.15. The highest BCUT2D eigenvalue weighted by Crippen LogP contribution is 2.25. The van der Waals surface area contributed by atoms with Gasteiger partial charge in [-0.05, 0) is 56.9 Å². The maximum atomic E-state index is 6.20. The van der Waals surface area contributed by atoms with E-state index in [4.69, 9.17) is 5.73 Å². The van der Waals surface area contributed by atoms with E-state index in [0.29, 0.717) is 6.04 Å². The Hall–Kier alpha value is -1.18. The van der Waals surface area contributed by atoms with E-state index in [1.807, 2.05) is 0 Å². The molecule has 0 heterocycles. The van der Waals surface area contributed by atoms with Crippen LogP contribution >= 0.6 is 0 Å². The first-order valence-electron chi connectivity index (χ1n) is 7.70. The molecule has 0 fully saturated rings. The smallest absolute Gasteiger partial charge is 0.0377 e. The molecule has 2 heteroatoms. The fraction of sp³-hybridized carbons (Fsp3) is 0.647. The zero-order valence-corrected chi connectivity index (χ0v) is 13.1. The summed E-state index contributed by atoms with van der Waals surface area (Å²) >= 11 is 0. The summed E-state index contributed by atoms with van der Waals surface area (Å²) in [5, 5.41) is 3.47. The molecule has 3 N–H and O–H groups in total. The summed E-state index contributed by atoms with van der Waals surface area (Å²) in [6.07, 6.45) is 7.66. The molecule has 0 aliphatic carbocycles. The monoisotopic (exact) mass is 262 g/mol. The summed E-state index contributed by atoms with van der Waals surface area (Å²) in [6, 6.07) is 4.83. The van der Waals surface area contributed by atoms with Crippen molar-refractivity contribution in [3.8, 4) is 0 Å². The Bertz CT molecular complexity index is 383. The molecule has 1 rings (SSSR count). The highest BCUT2D eigenvalue weighted by molar-refractivity contribution is 5.62. The predicted octanol–water partition coefficient (Wildman–Crippen LogP) is 4.91. The van der Waals surface area contributed by atoms with Crippen molar-refractivity contribution in [2.45, 2.75) is 72.3 Å². The molecule has 0 saturated heterocycles. The third-order valence-corrected chi connectivity index (χ3v) is 3.48. The van der Waals surface area contributed by atoms with Crippen molar-refractivity contribution >= 4 is 11.4 Å². The molecule has 0 amide bonds. The standard InChI is InChI=1S/C17H30N2/c1-5-6-7-8-9-10-15-12-16(19-13(2)3)11-14(4)17(15)18/h11-13,19H,5-10,18H2,1-4H3. The van der Waals surface area contributed by atoms with Gasteiger partial charge in [0.15, 0.2) is 0 Å². The number of benzene rings is 1. The average Bonchev–Trinajstić information content (AvgIpc) is 2.34. The second kappa shape index (κ2) is 8.08. The molecule has 0 atom stereocenters. The Morgan fingerprint density at radius 1 is 1.11 bits per heavy atom. The van der Waals surface area contributed by atoms with Gasteiger partial charge in [-0.1, -0.05) is 32.6 Å². The van der Waals surface area contributed by atoms with Gasteiger partial charge in [-0.15, -0.1) is 0 Å². The quantitative estimate of drug-likeness (QED) is 0.516. The minimum Gasteiger partial charge on any atom is -0.398 e. The minimum absolute atomic E-state index is 0.459. The molecule has 0 aliphatic rings. The van der Waals surface area contributed by atoms with Gasteiger partial charge < -0.3 is 11.1 Å². The number of rotatable bonds is 8. The van der Waals surface area contributed by atoms with Crippen molar-refractivity contribution < 1.29 is 0 Å². The Morgan fingerprint density at radius 3 is 2.42 bits per heavy atom. The van der Waals surface area contributed by atoms with Gasteiger partial charge in [0.05, 0.1) is 0 Å². The summed E-state index contributed by atoms with van der Waals surface area (Å²) in [5.74, 6) is 0. The number of nitrogens with one attached hydrogen (secondary N) is 1. The molecule has 0 aliphatic heterocycles. The fourth-order valence-corrected chi connectivity index (χ4v) is 2.41. The van der Waals surface area contributed by atoms with Crippen LogP contribution in [0.3, 0.4) is 0 Å². The molecule has 0 radical (unpaired) electrons. The minimum atomic E-state index is 0.459. The number of hydrogen-bond donors (Lipinski definition) is 2. The summed E-state index contributed by atoms with van der Waals surface area (Å²) in [7, 11) is 0. The van der Waals surface area contributed by atoms with Crippen molar-refractivity contribution in [2.75, 3.05) is 11.1 Å². The van der Waals surface area contributed by atoms with E-state index in [1.165, 1.54) is 48.9 Å². The lowest BCUT2D eigenvalue weighted by Crippen LogP contribution is -2.11. The lowest BCUT2D eigenvalue weighted by atomic mass is 10.0. The molecular weight excluding hydrogens is 232 g/mol. The van der Waals surface area contributed by atoms with E-state index in [0.717, 1.165) is 12.1 Å². The molecule has 0 saturated carbocycles. The number of hydrogen-bond acceptors (Lipinski definition) is 2. The SMILES string of the molecule is CCCCCCCc1cc(NC(C)C)cc(C)c1N. The zero-order chi connectivity index (χ0) is 14.3. The highest BCUT2D eigenvalue weighted by Gasteiger charge is 2.06. The number of aryl methyl sites for hydroxylation is 2. The summed E-state index contributed by atoms with van der Waals surface area (Å²) in [5.41, 5.74) is 10.9. The molecule has 0 aromatic heterocycles. The fourth-order valence-electron chi connectivity index (χ4n) is 2.41. The Balaban J connectivity index is 2.62. The molecule has 0 spiro atoms. The number of nitrogen functional groups attached to an aromatic ring is 1. The van der Waals surface area contributed by atoms with Gasteiger partial charge in [0.2, 0.25) is 0 Å². The van der Waals surface area contributed by atoms with Crippen molar-refractivity contribution in [3.63, 3.8) is 0 Å². The summed E-state index contributed by atoms with van der Waals surface area (Å²) in [6.45, 7) is 8.68. The molecular formula is C17H30N2. The van der Waals surface area contributed by atoms with E-state index >= 15 is 0 Å². The van der Waals surface area contributed by atoms with Gasteiger partial charge in [-0.2, -0.15) is 0 Å². The van der Waals surface area contributed by atoms with Gasteiger partial charge >= 0.3 is 0 Å². The van der Waals surface area contributed by atoms with Crippen LogP contribution in [0.1, 0.15) is 64.0 Å². The zero-order valence-electron chi connectivity index (χ0n) is 13.1. The van der Waals surface area contributed by atoms with Crippen LogP contribution in [0.25, 0.3) is 0 Å². The van der Waals surface area contributed by atoms with Gasteiger partial charge in [-0.3, -0.25) is 0 Å². The van der Waals surface area contributed by atoms with Crippen molar-refractivity contribution in [3.05, 3.63) is 23.3 Å². The lowest BCUT2D eigenvalue weighted by molar-refractivity contribution is 0.632. The van der Waals surface area contributed by atoms with Crippen LogP contribution in [0.2, 0.25) is 0 Å². The highest BCUT2D eigenvalue weighted by atomic mass is 14.9. The van der Waals surface area contributed by atoms with E-state index < -0.39 is 0 Å². The first kappa shape index (κ1) is 15.9. The normalized spacial score (nSPS) is 11.0. The Morgan fingerprint density at radius 2 is 1.79 bits per heavy atom. The van der Waals surface area contributed by atoms with E-state index in [9.17, 15) is 0 Å². The van der Waals surface area contributed by atoms with Crippen molar-refractivity contribution in [2.24, 2.45) is 0 Å². The number of nitrogens with two attached hydrogens (primary N) is 1. The van der Waals surface area contributed by atoms with E-state index in [-0.39, 0.29) is 0 Å². The predicted molar refractivity (Wildman–Crippen MR) is 86.8 cm³/mol. The van der Waals surface area contributed by atoms with Gasteiger partial charge in [0.25, 0.3) is 0 Å². The maximum Gasteiger partial charge on any atom is 0.0377 e. The summed E-state index contributed by atoms with van der Waals surface area (Å²) < 4.78 is 0. The van der Waals surface area contributed by atoms with E-state index in [2.05, 4.69) is 45.1 Å². The largest absolute Gasteiger partial charge is 0.398 e. The van der Waals surface area contributed by atoms with Gasteiger partial charge in [0.1, 0.15) is 0 Å². The molecule has 1 aromatic carbocycles. The van der Waals surface area contributed by atoms with Crippen LogP contribution in [-0.4, -0.2) is 6.04 Å². The van der Waals surface area contributed by atoms with Crippen molar-refractivity contribution in [1.82, 2.24) is 0 Å². The van der Waals surface area contributed by atoms with Gasteiger partial charge in [-0.25, -0.2) is 0 Å². The van der Waals surface area contributed by atoms with Crippen LogP contribution in [0.4, 0.5) is 11.4 Å². The first-order valence-corrected chi connectivity index (χ1v) is 7.70. The van der Waals surface area contributed by atoms with Crippen LogP contribution in [0.5, 0.6) is 0 Å². The Labute approximate surface area is 118 Å². The summed E-state index contributed by atoms with van der Waals surface area (Å²) in [4.78, 5) is 0. The molecule has 19 heavy (non-hydrogen) atoms. The second-order valence-corrected chi connectivity index (χ2v) is 5.83. The second-order valence-electron chi connectivity index (χ2n) is 5.83. The van der Waals surface area contributed by atoms with Crippen molar-refractivity contribution in [1.29, 1.82) is 0 Å². The Kier molecular flexibility index (Phi) is 6.75. The van der Waals surface area contributed by atoms with Crippen LogP contribution < -0.4 is 11.1 Å². The van der Waals surface area contributed by atoms with Crippen LogP contribution in [0, 0.1) is 6.92 Å². The molecule has 108 valence electrons. The molecule has 2 nitrogen and oxygen atoms in total. The maximum absolute atomic E-state index is 6.20. The number of anilines is 2. The van der Waals surface area contributed by atoms with Crippen LogP contribution in [-0.2, 0) is 6.42 Å². The molecule has 0 bridgehead atoms. The first-order chi connectivity index (χ1) is 9.04. The molecule has 0 unspecified atom stereocenters.